The fourth-order valence-electron chi connectivity index (χ4n) is 1.78. The van der Waals surface area contributed by atoms with E-state index < -0.39 is 0 Å². The molecule has 15 heavy (non-hydrogen) atoms. The highest BCUT2D eigenvalue weighted by atomic mass is 16.5. The zero-order valence-electron chi connectivity index (χ0n) is 9.66. The summed E-state index contributed by atoms with van der Waals surface area (Å²) in [5, 5.41) is 0. The lowest BCUT2D eigenvalue weighted by Crippen LogP contribution is -2.06. The second kappa shape index (κ2) is 6.44. The maximum absolute atomic E-state index is 11.1. The number of carbonyl (C=O) groups is 1. The molecule has 1 atom stereocenters. The van der Waals surface area contributed by atoms with E-state index in [1.807, 2.05) is 0 Å². The average Bonchev–Trinajstić information content (AvgIpc) is 2.66. The zero-order chi connectivity index (χ0) is 11.1. The Kier molecular flexibility index (Phi) is 5.16. The Bertz CT molecular complexity index is 264. The molecule has 0 aliphatic heterocycles. The highest BCUT2D eigenvalue weighted by Crippen LogP contribution is 2.26. The van der Waals surface area contributed by atoms with Crippen LogP contribution in [0.15, 0.2) is 23.8 Å². The van der Waals surface area contributed by atoms with Gasteiger partial charge in [-0.2, -0.15) is 0 Å². The lowest BCUT2D eigenvalue weighted by Gasteiger charge is -2.05. The van der Waals surface area contributed by atoms with Gasteiger partial charge in [0.1, 0.15) is 0 Å². The van der Waals surface area contributed by atoms with Crippen molar-refractivity contribution in [2.24, 2.45) is 5.92 Å². The van der Waals surface area contributed by atoms with E-state index in [0.29, 0.717) is 12.3 Å². The SMILES string of the molecule is CCCC/C=C1/C=CC(CC(=O)OC)C1. The summed E-state index contributed by atoms with van der Waals surface area (Å²) in [6.45, 7) is 2.20. The minimum atomic E-state index is -0.112. The van der Waals surface area contributed by atoms with Gasteiger partial charge in [0.25, 0.3) is 0 Å². The van der Waals surface area contributed by atoms with Gasteiger partial charge in [0, 0.05) is 0 Å². The van der Waals surface area contributed by atoms with Gasteiger partial charge in [-0.05, 0) is 18.8 Å². The lowest BCUT2D eigenvalue weighted by atomic mass is 10.0. The monoisotopic (exact) mass is 208 g/mol. The van der Waals surface area contributed by atoms with Crippen molar-refractivity contribution in [3.63, 3.8) is 0 Å². The molecule has 1 unspecified atom stereocenters. The van der Waals surface area contributed by atoms with E-state index >= 15 is 0 Å². The van der Waals surface area contributed by atoms with Crippen LogP contribution in [0, 0.1) is 5.92 Å². The molecule has 0 aromatic heterocycles. The molecule has 0 radical (unpaired) electrons. The molecule has 84 valence electrons. The van der Waals surface area contributed by atoms with Crippen molar-refractivity contribution in [2.45, 2.75) is 39.0 Å². The molecule has 1 aliphatic rings. The van der Waals surface area contributed by atoms with E-state index in [0.717, 1.165) is 12.8 Å². The third-order valence-electron chi connectivity index (χ3n) is 2.70. The molecule has 0 spiro atoms. The lowest BCUT2D eigenvalue weighted by molar-refractivity contribution is -0.141. The van der Waals surface area contributed by atoms with Gasteiger partial charge in [-0.3, -0.25) is 4.79 Å². The highest BCUT2D eigenvalue weighted by molar-refractivity contribution is 5.70. The van der Waals surface area contributed by atoms with Gasteiger partial charge in [0.05, 0.1) is 13.5 Å². The van der Waals surface area contributed by atoms with Gasteiger partial charge in [-0.25, -0.2) is 0 Å². The predicted molar refractivity (Wildman–Crippen MR) is 61.5 cm³/mol. The number of rotatable bonds is 5. The van der Waals surface area contributed by atoms with E-state index in [4.69, 9.17) is 0 Å². The third kappa shape index (κ3) is 4.32. The van der Waals surface area contributed by atoms with E-state index in [9.17, 15) is 4.79 Å². The van der Waals surface area contributed by atoms with Crippen LogP contribution < -0.4 is 0 Å². The number of ether oxygens (including phenoxy) is 1. The fourth-order valence-corrected chi connectivity index (χ4v) is 1.78. The van der Waals surface area contributed by atoms with Crippen LogP contribution in [0.2, 0.25) is 0 Å². The second-order valence-electron chi connectivity index (χ2n) is 4.02. The normalized spacial score (nSPS) is 22.3. The predicted octanol–water partition coefficient (Wildman–Crippen LogP) is 3.24. The first-order valence-electron chi connectivity index (χ1n) is 5.70. The Balaban J connectivity index is 2.30. The molecule has 2 nitrogen and oxygen atoms in total. The van der Waals surface area contributed by atoms with Gasteiger partial charge in [-0.1, -0.05) is 43.6 Å². The van der Waals surface area contributed by atoms with Crippen molar-refractivity contribution in [3.05, 3.63) is 23.8 Å². The number of allylic oxidation sites excluding steroid dienone is 4. The van der Waals surface area contributed by atoms with Crippen molar-refractivity contribution in [1.29, 1.82) is 0 Å². The maximum atomic E-state index is 11.1. The molecule has 0 heterocycles. The summed E-state index contributed by atoms with van der Waals surface area (Å²) in [6, 6.07) is 0. The molecular weight excluding hydrogens is 188 g/mol. The summed E-state index contributed by atoms with van der Waals surface area (Å²) in [4.78, 5) is 11.1. The van der Waals surface area contributed by atoms with Crippen molar-refractivity contribution in [2.75, 3.05) is 7.11 Å². The Morgan fingerprint density at radius 3 is 3.13 bits per heavy atom. The maximum Gasteiger partial charge on any atom is 0.306 e. The molecule has 0 bridgehead atoms. The minimum Gasteiger partial charge on any atom is -0.469 e. The molecule has 1 aliphatic carbocycles. The molecule has 0 fully saturated rings. The first kappa shape index (κ1) is 12.0. The van der Waals surface area contributed by atoms with Crippen LogP contribution in [0.3, 0.4) is 0 Å². The molecule has 0 saturated heterocycles. The van der Waals surface area contributed by atoms with Crippen molar-refractivity contribution >= 4 is 5.97 Å². The van der Waals surface area contributed by atoms with Crippen LogP contribution in [0.1, 0.15) is 39.0 Å². The second-order valence-corrected chi connectivity index (χ2v) is 4.02. The van der Waals surface area contributed by atoms with Crippen molar-refractivity contribution in [3.8, 4) is 0 Å². The molecule has 2 heteroatoms. The molecule has 0 N–H and O–H groups in total. The Labute approximate surface area is 92.0 Å². The number of hydrogen-bond acceptors (Lipinski definition) is 2. The zero-order valence-corrected chi connectivity index (χ0v) is 9.66. The standard InChI is InChI=1S/C13H20O2/c1-3-4-5-6-11-7-8-12(9-11)10-13(14)15-2/h6-8,12H,3-5,9-10H2,1-2H3/b11-6-. The quantitative estimate of drug-likeness (QED) is 0.512. The van der Waals surface area contributed by atoms with Crippen LogP contribution >= 0.6 is 0 Å². The van der Waals surface area contributed by atoms with Crippen LogP contribution in [-0.4, -0.2) is 13.1 Å². The van der Waals surface area contributed by atoms with E-state index in [2.05, 4.69) is 29.9 Å². The van der Waals surface area contributed by atoms with Crippen molar-refractivity contribution in [1.82, 2.24) is 0 Å². The number of carbonyl (C=O) groups excluding carboxylic acids is 1. The largest absolute Gasteiger partial charge is 0.469 e. The van der Waals surface area contributed by atoms with Gasteiger partial charge in [-0.15, -0.1) is 0 Å². The van der Waals surface area contributed by atoms with Crippen LogP contribution in [0.5, 0.6) is 0 Å². The third-order valence-corrected chi connectivity index (χ3v) is 2.70. The van der Waals surface area contributed by atoms with Crippen molar-refractivity contribution < 1.29 is 9.53 Å². The summed E-state index contributed by atoms with van der Waals surface area (Å²) in [5.41, 5.74) is 1.37. The van der Waals surface area contributed by atoms with Gasteiger partial charge in [0.15, 0.2) is 0 Å². The number of hydrogen-bond donors (Lipinski definition) is 0. The summed E-state index contributed by atoms with van der Waals surface area (Å²) in [6.07, 6.45) is 11.7. The molecule has 0 amide bonds. The number of methoxy groups -OCH3 is 1. The van der Waals surface area contributed by atoms with Gasteiger partial charge in [0.2, 0.25) is 0 Å². The summed E-state index contributed by atoms with van der Waals surface area (Å²) < 4.78 is 4.65. The van der Waals surface area contributed by atoms with Crippen LogP contribution in [0.25, 0.3) is 0 Å². The van der Waals surface area contributed by atoms with Gasteiger partial charge < -0.3 is 4.74 Å². The van der Waals surface area contributed by atoms with E-state index in [-0.39, 0.29) is 5.97 Å². The highest BCUT2D eigenvalue weighted by Gasteiger charge is 2.16. The molecule has 0 aromatic carbocycles. The van der Waals surface area contributed by atoms with Crippen LogP contribution in [-0.2, 0) is 9.53 Å². The molecule has 1 rings (SSSR count). The molecule has 0 aromatic rings. The summed E-state index contributed by atoms with van der Waals surface area (Å²) in [5.74, 6) is 0.241. The van der Waals surface area contributed by atoms with Crippen LogP contribution in [0.4, 0.5) is 0 Å². The Hall–Kier alpha value is -1.05. The average molecular weight is 208 g/mol. The van der Waals surface area contributed by atoms with Gasteiger partial charge >= 0.3 is 5.97 Å². The Morgan fingerprint density at radius 1 is 1.67 bits per heavy atom. The first-order valence-corrected chi connectivity index (χ1v) is 5.70. The van der Waals surface area contributed by atoms with E-state index in [1.165, 1.54) is 25.5 Å². The molecular formula is C13H20O2. The topological polar surface area (TPSA) is 26.3 Å². The summed E-state index contributed by atoms with van der Waals surface area (Å²) >= 11 is 0. The molecule has 0 saturated carbocycles. The summed E-state index contributed by atoms with van der Waals surface area (Å²) in [7, 11) is 1.44. The Morgan fingerprint density at radius 2 is 2.47 bits per heavy atom. The smallest absolute Gasteiger partial charge is 0.306 e. The fraction of sp³-hybridized carbons (Fsp3) is 0.615. The minimum absolute atomic E-state index is 0.112. The van der Waals surface area contributed by atoms with E-state index in [1.54, 1.807) is 0 Å². The number of unbranched alkanes of at least 4 members (excludes halogenated alkanes) is 2. The number of esters is 1. The first-order chi connectivity index (χ1) is 7.26.